The number of likely N-dealkylation sites (N-methyl/N-ethyl adjacent to an activating group) is 1. The van der Waals surface area contributed by atoms with Crippen LogP contribution in [0, 0.1) is 0 Å². The van der Waals surface area contributed by atoms with E-state index in [0.29, 0.717) is 31.0 Å². The normalized spacial score (nSPS) is 17.8. The first kappa shape index (κ1) is 20.8. The lowest BCUT2D eigenvalue weighted by molar-refractivity contribution is -0.126. The number of urea groups is 1. The van der Waals surface area contributed by atoms with Crippen LogP contribution in [0.1, 0.15) is 22.7 Å². The Hall–Kier alpha value is -4.06. The highest BCUT2D eigenvalue weighted by atomic mass is 16.5. The van der Waals surface area contributed by atoms with Crippen molar-refractivity contribution in [2.45, 2.75) is 19.2 Å². The number of rotatable bonds is 6. The van der Waals surface area contributed by atoms with Crippen molar-refractivity contribution < 1.29 is 14.3 Å². The molecule has 3 aromatic carbocycles. The zero-order valence-corrected chi connectivity index (χ0v) is 18.4. The summed E-state index contributed by atoms with van der Waals surface area (Å²) in [5.74, 6) is 0.638. The molecule has 2 aliphatic rings. The molecule has 166 valence electrons. The van der Waals surface area contributed by atoms with Crippen LogP contribution in [-0.2, 0) is 17.9 Å². The average Bonchev–Trinajstić information content (AvgIpc) is 3.17. The quantitative estimate of drug-likeness (QED) is 0.624. The van der Waals surface area contributed by atoms with Crippen LogP contribution in [0.3, 0.4) is 0 Å². The number of carbonyl (C=O) groups excluding carboxylic acids is 2. The Labute approximate surface area is 193 Å². The van der Waals surface area contributed by atoms with Crippen molar-refractivity contribution in [3.63, 3.8) is 0 Å². The van der Waals surface area contributed by atoms with Gasteiger partial charge >= 0.3 is 6.03 Å². The van der Waals surface area contributed by atoms with Crippen molar-refractivity contribution in [3.05, 3.63) is 113 Å². The molecule has 2 aliphatic heterocycles. The van der Waals surface area contributed by atoms with Gasteiger partial charge in [-0.2, -0.15) is 0 Å². The molecule has 3 amide bonds. The van der Waals surface area contributed by atoms with E-state index in [4.69, 9.17) is 4.74 Å². The van der Waals surface area contributed by atoms with Gasteiger partial charge in [0.25, 0.3) is 5.91 Å². The molecule has 6 heteroatoms. The molecule has 2 heterocycles. The maximum atomic E-state index is 13.4. The van der Waals surface area contributed by atoms with Gasteiger partial charge < -0.3 is 15.0 Å². The number of hydrogen-bond acceptors (Lipinski definition) is 3. The second-order valence-corrected chi connectivity index (χ2v) is 8.30. The molecule has 6 nitrogen and oxygen atoms in total. The summed E-state index contributed by atoms with van der Waals surface area (Å²) in [4.78, 5) is 29.5. The summed E-state index contributed by atoms with van der Waals surface area (Å²) >= 11 is 0. The average molecular weight is 440 g/mol. The molecule has 0 radical (unpaired) electrons. The van der Waals surface area contributed by atoms with Crippen LogP contribution in [0.5, 0.6) is 5.75 Å². The van der Waals surface area contributed by atoms with E-state index in [1.807, 2.05) is 84.9 Å². The van der Waals surface area contributed by atoms with E-state index in [0.717, 1.165) is 22.4 Å². The Kier molecular flexibility index (Phi) is 5.57. The lowest BCUT2D eigenvalue weighted by Gasteiger charge is -2.31. The number of carbonyl (C=O) groups is 2. The first-order valence-electron chi connectivity index (χ1n) is 11.0. The first-order chi connectivity index (χ1) is 16.1. The maximum Gasteiger partial charge on any atom is 0.322 e. The second-order valence-electron chi connectivity index (χ2n) is 8.30. The topological polar surface area (TPSA) is 61.9 Å². The van der Waals surface area contributed by atoms with Gasteiger partial charge in [-0.05, 0) is 28.8 Å². The van der Waals surface area contributed by atoms with Gasteiger partial charge in [0.05, 0.1) is 23.9 Å². The molecule has 5 rings (SSSR count). The van der Waals surface area contributed by atoms with Crippen molar-refractivity contribution in [1.29, 1.82) is 0 Å². The summed E-state index contributed by atoms with van der Waals surface area (Å²) in [7, 11) is 1.71. The minimum Gasteiger partial charge on any atom is -0.489 e. The largest absolute Gasteiger partial charge is 0.489 e. The zero-order chi connectivity index (χ0) is 22.8. The Morgan fingerprint density at radius 1 is 0.909 bits per heavy atom. The molecule has 0 saturated heterocycles. The summed E-state index contributed by atoms with van der Waals surface area (Å²) in [5.41, 5.74) is 4.32. The number of nitrogens with one attached hydrogen (secondary N) is 1. The summed E-state index contributed by atoms with van der Waals surface area (Å²) in [6.45, 7) is 1.36. The third-order valence-corrected chi connectivity index (χ3v) is 6.09. The van der Waals surface area contributed by atoms with Crippen molar-refractivity contribution in [1.82, 2.24) is 15.1 Å². The van der Waals surface area contributed by atoms with Gasteiger partial charge in [0, 0.05) is 13.6 Å². The Bertz CT molecular complexity index is 1210. The monoisotopic (exact) mass is 439 g/mol. The third kappa shape index (κ3) is 4.20. The van der Waals surface area contributed by atoms with Crippen molar-refractivity contribution in [2.24, 2.45) is 0 Å². The van der Waals surface area contributed by atoms with Crippen LogP contribution in [0.2, 0.25) is 0 Å². The SMILES string of the molecule is CN1C(=O)N[C@@H](c2cccc(OCc3ccccc3)c2)C2=C1CN(Cc1ccccc1)C2=O. The number of benzene rings is 3. The van der Waals surface area contributed by atoms with Crippen molar-refractivity contribution in [2.75, 3.05) is 13.6 Å². The Morgan fingerprint density at radius 2 is 1.61 bits per heavy atom. The predicted octanol–water partition coefficient (Wildman–Crippen LogP) is 4.26. The van der Waals surface area contributed by atoms with Crippen LogP contribution in [0.15, 0.2) is 96.2 Å². The predicted molar refractivity (Wildman–Crippen MR) is 125 cm³/mol. The fraction of sp³-hybridized carbons (Fsp3) is 0.185. The Morgan fingerprint density at radius 3 is 2.33 bits per heavy atom. The second kappa shape index (κ2) is 8.82. The minimum atomic E-state index is -0.516. The van der Waals surface area contributed by atoms with Gasteiger partial charge in [0.15, 0.2) is 0 Å². The van der Waals surface area contributed by atoms with E-state index in [1.165, 1.54) is 0 Å². The van der Waals surface area contributed by atoms with E-state index >= 15 is 0 Å². The fourth-order valence-electron chi connectivity index (χ4n) is 4.33. The molecule has 3 aromatic rings. The van der Waals surface area contributed by atoms with E-state index in [1.54, 1.807) is 16.8 Å². The molecule has 0 fully saturated rings. The number of hydrogen-bond donors (Lipinski definition) is 1. The molecule has 0 aromatic heterocycles. The molecule has 0 aliphatic carbocycles. The highest BCUT2D eigenvalue weighted by molar-refractivity contribution is 6.01. The number of ether oxygens (including phenoxy) is 1. The van der Waals surface area contributed by atoms with Gasteiger partial charge in [0.2, 0.25) is 0 Å². The smallest absolute Gasteiger partial charge is 0.322 e. The molecule has 1 N–H and O–H groups in total. The van der Waals surface area contributed by atoms with Crippen molar-refractivity contribution >= 4 is 11.9 Å². The minimum absolute atomic E-state index is 0.0543. The van der Waals surface area contributed by atoms with Crippen LogP contribution < -0.4 is 10.1 Å². The number of amides is 3. The highest BCUT2D eigenvalue weighted by Crippen LogP contribution is 2.37. The molecule has 33 heavy (non-hydrogen) atoms. The van der Waals surface area contributed by atoms with E-state index in [9.17, 15) is 9.59 Å². The summed E-state index contributed by atoms with van der Waals surface area (Å²) < 4.78 is 5.98. The van der Waals surface area contributed by atoms with Crippen molar-refractivity contribution in [3.8, 4) is 5.75 Å². The Balaban J connectivity index is 1.40. The molecule has 0 unspecified atom stereocenters. The third-order valence-electron chi connectivity index (χ3n) is 6.09. The van der Waals surface area contributed by atoms with Crippen LogP contribution in [-0.4, -0.2) is 35.3 Å². The standard InChI is InChI=1S/C27H25N3O3/c1-29-23-17-30(16-19-9-4-2-5-10-19)26(31)24(23)25(28-27(29)32)21-13-8-14-22(15-21)33-18-20-11-6-3-7-12-20/h2-15,25H,16-18H2,1H3,(H,28,32)/t25-/m0/s1. The fourth-order valence-corrected chi connectivity index (χ4v) is 4.33. The van der Waals surface area contributed by atoms with Crippen LogP contribution in [0.25, 0.3) is 0 Å². The molecule has 0 spiro atoms. The van der Waals surface area contributed by atoms with Gasteiger partial charge in [-0.1, -0.05) is 72.8 Å². The highest BCUT2D eigenvalue weighted by Gasteiger charge is 2.42. The number of nitrogens with zero attached hydrogens (tertiary/aromatic N) is 2. The van der Waals surface area contributed by atoms with Crippen LogP contribution in [0.4, 0.5) is 4.79 Å². The van der Waals surface area contributed by atoms with E-state index in [2.05, 4.69) is 5.32 Å². The molecule has 0 saturated carbocycles. The van der Waals surface area contributed by atoms with E-state index in [-0.39, 0.29) is 11.9 Å². The zero-order valence-electron chi connectivity index (χ0n) is 18.4. The van der Waals surface area contributed by atoms with Gasteiger partial charge in [0.1, 0.15) is 12.4 Å². The molecular formula is C27H25N3O3. The van der Waals surface area contributed by atoms with Gasteiger partial charge in [-0.15, -0.1) is 0 Å². The molecule has 0 bridgehead atoms. The maximum absolute atomic E-state index is 13.4. The molecule has 1 atom stereocenters. The molecular weight excluding hydrogens is 414 g/mol. The first-order valence-corrected chi connectivity index (χ1v) is 11.0. The summed E-state index contributed by atoms with van der Waals surface area (Å²) in [6, 6.07) is 26.7. The van der Waals surface area contributed by atoms with Gasteiger partial charge in [-0.3, -0.25) is 9.69 Å². The summed E-state index contributed by atoms with van der Waals surface area (Å²) in [6.07, 6.45) is 0. The summed E-state index contributed by atoms with van der Waals surface area (Å²) in [5, 5.41) is 3.00. The van der Waals surface area contributed by atoms with Gasteiger partial charge in [-0.25, -0.2) is 4.79 Å². The van der Waals surface area contributed by atoms with Crippen LogP contribution >= 0.6 is 0 Å². The lowest BCUT2D eigenvalue weighted by Crippen LogP contribution is -2.45. The lowest BCUT2D eigenvalue weighted by atomic mass is 9.95. The van der Waals surface area contributed by atoms with E-state index < -0.39 is 6.04 Å².